The van der Waals surface area contributed by atoms with Crippen molar-refractivity contribution >= 4 is 11.3 Å². The van der Waals surface area contributed by atoms with Crippen LogP contribution in [0.15, 0.2) is 10.2 Å². The Balaban J connectivity index is 1.73. The van der Waals surface area contributed by atoms with Crippen molar-refractivity contribution in [3.8, 4) is 0 Å². The summed E-state index contributed by atoms with van der Waals surface area (Å²) < 4.78 is 0. The Morgan fingerprint density at radius 2 is 2.53 bits per heavy atom. The minimum Gasteiger partial charge on any atom is -0.315 e. The van der Waals surface area contributed by atoms with Crippen LogP contribution in [-0.2, 0) is 6.54 Å². The zero-order valence-corrected chi connectivity index (χ0v) is 9.69. The molecule has 1 fully saturated rings. The third-order valence-corrected chi connectivity index (χ3v) is 3.70. The summed E-state index contributed by atoms with van der Waals surface area (Å²) in [4.78, 5) is 13.7. The molecule has 1 aromatic rings. The average molecular weight is 227 g/mol. The first-order valence-electron chi connectivity index (χ1n) is 5.36. The number of aromatic amines is 1. The Morgan fingerprint density at radius 3 is 3.13 bits per heavy atom. The van der Waals surface area contributed by atoms with Gasteiger partial charge in [0.1, 0.15) is 0 Å². The Kier molecular flexibility index (Phi) is 3.56. The van der Waals surface area contributed by atoms with Crippen molar-refractivity contribution in [3.63, 3.8) is 0 Å². The molecule has 2 unspecified atom stereocenters. The summed E-state index contributed by atoms with van der Waals surface area (Å²) in [5.41, 5.74) is 0.989. The largest absolute Gasteiger partial charge is 0.315 e. The van der Waals surface area contributed by atoms with Gasteiger partial charge in [-0.05, 0) is 32.4 Å². The SMILES string of the molecule is CC1NCCC1CNCc1csc(=O)[nH]1. The van der Waals surface area contributed by atoms with Gasteiger partial charge in [-0.3, -0.25) is 4.79 Å². The lowest BCUT2D eigenvalue weighted by molar-refractivity contribution is 0.438. The Morgan fingerprint density at radius 1 is 1.67 bits per heavy atom. The maximum Gasteiger partial charge on any atom is 0.304 e. The summed E-state index contributed by atoms with van der Waals surface area (Å²) in [6.07, 6.45) is 1.24. The molecule has 0 radical (unpaired) electrons. The second-order valence-electron chi connectivity index (χ2n) is 4.10. The van der Waals surface area contributed by atoms with E-state index in [1.54, 1.807) is 0 Å². The van der Waals surface area contributed by atoms with Crippen molar-refractivity contribution < 1.29 is 0 Å². The Bertz CT molecular complexity index is 360. The molecule has 1 aromatic heterocycles. The maximum atomic E-state index is 10.9. The molecule has 1 aliphatic heterocycles. The molecular weight excluding hydrogens is 210 g/mol. The minimum atomic E-state index is 0.0303. The van der Waals surface area contributed by atoms with Gasteiger partial charge in [0, 0.05) is 23.7 Å². The first-order valence-corrected chi connectivity index (χ1v) is 6.24. The molecular formula is C10H17N3OS. The van der Waals surface area contributed by atoms with Gasteiger partial charge in [0.05, 0.1) is 0 Å². The van der Waals surface area contributed by atoms with E-state index in [1.165, 1.54) is 17.8 Å². The van der Waals surface area contributed by atoms with E-state index in [0.29, 0.717) is 6.04 Å². The molecule has 15 heavy (non-hydrogen) atoms. The molecule has 0 saturated carbocycles. The number of rotatable bonds is 4. The second kappa shape index (κ2) is 4.92. The molecule has 4 nitrogen and oxygen atoms in total. The second-order valence-corrected chi connectivity index (χ2v) is 4.94. The lowest BCUT2D eigenvalue weighted by Gasteiger charge is -2.15. The summed E-state index contributed by atoms with van der Waals surface area (Å²) in [6, 6.07) is 0.610. The highest BCUT2D eigenvalue weighted by molar-refractivity contribution is 7.07. The van der Waals surface area contributed by atoms with Gasteiger partial charge in [0.15, 0.2) is 0 Å². The maximum absolute atomic E-state index is 10.9. The number of H-pyrrole nitrogens is 1. The zero-order valence-electron chi connectivity index (χ0n) is 8.88. The number of thiazole rings is 1. The van der Waals surface area contributed by atoms with Gasteiger partial charge in [-0.1, -0.05) is 11.3 Å². The number of hydrogen-bond acceptors (Lipinski definition) is 4. The van der Waals surface area contributed by atoms with Crippen molar-refractivity contribution in [1.82, 2.24) is 15.6 Å². The molecule has 0 aliphatic carbocycles. The molecule has 3 N–H and O–H groups in total. The fourth-order valence-corrected chi connectivity index (χ4v) is 2.57. The summed E-state index contributed by atoms with van der Waals surface area (Å²) in [6.45, 7) is 5.14. The quantitative estimate of drug-likeness (QED) is 0.703. The zero-order chi connectivity index (χ0) is 10.7. The third kappa shape index (κ3) is 2.90. The van der Waals surface area contributed by atoms with E-state index in [4.69, 9.17) is 0 Å². The highest BCUT2D eigenvalue weighted by atomic mass is 32.1. The van der Waals surface area contributed by atoms with E-state index in [2.05, 4.69) is 22.5 Å². The van der Waals surface area contributed by atoms with Gasteiger partial charge in [0.25, 0.3) is 0 Å². The summed E-state index contributed by atoms with van der Waals surface area (Å²) in [7, 11) is 0. The monoisotopic (exact) mass is 227 g/mol. The van der Waals surface area contributed by atoms with Crippen LogP contribution in [0.25, 0.3) is 0 Å². The van der Waals surface area contributed by atoms with E-state index in [-0.39, 0.29) is 4.87 Å². The summed E-state index contributed by atoms with van der Waals surface area (Å²) >= 11 is 1.22. The van der Waals surface area contributed by atoms with Gasteiger partial charge in [-0.15, -0.1) is 0 Å². The van der Waals surface area contributed by atoms with Crippen molar-refractivity contribution in [3.05, 3.63) is 20.7 Å². The van der Waals surface area contributed by atoms with Crippen LogP contribution in [0.1, 0.15) is 19.0 Å². The Labute approximate surface area is 93.1 Å². The lowest BCUT2D eigenvalue weighted by atomic mass is 10.0. The number of nitrogens with one attached hydrogen (secondary N) is 3. The van der Waals surface area contributed by atoms with Gasteiger partial charge in [-0.25, -0.2) is 0 Å². The predicted octanol–water partition coefficient (Wildman–Crippen LogP) is 0.524. The van der Waals surface area contributed by atoms with Crippen LogP contribution >= 0.6 is 11.3 Å². The van der Waals surface area contributed by atoms with Crippen LogP contribution < -0.4 is 15.5 Å². The van der Waals surface area contributed by atoms with Crippen LogP contribution in [0.4, 0.5) is 0 Å². The van der Waals surface area contributed by atoms with E-state index in [9.17, 15) is 4.79 Å². The smallest absolute Gasteiger partial charge is 0.304 e. The van der Waals surface area contributed by atoms with Gasteiger partial charge in [0.2, 0.25) is 0 Å². The third-order valence-electron chi connectivity index (χ3n) is 2.98. The normalized spacial score (nSPS) is 25.9. The highest BCUT2D eigenvalue weighted by Gasteiger charge is 2.21. The molecule has 5 heteroatoms. The number of aromatic nitrogens is 1. The average Bonchev–Trinajstić information content (AvgIpc) is 2.77. The molecule has 2 atom stereocenters. The topological polar surface area (TPSA) is 56.9 Å². The molecule has 2 rings (SSSR count). The molecule has 84 valence electrons. The van der Waals surface area contributed by atoms with Gasteiger partial charge >= 0.3 is 4.87 Å². The highest BCUT2D eigenvalue weighted by Crippen LogP contribution is 2.13. The van der Waals surface area contributed by atoms with Crippen molar-refractivity contribution in [2.45, 2.75) is 25.9 Å². The van der Waals surface area contributed by atoms with Crippen LogP contribution in [0, 0.1) is 5.92 Å². The van der Waals surface area contributed by atoms with E-state index >= 15 is 0 Å². The van der Waals surface area contributed by atoms with Gasteiger partial charge < -0.3 is 15.6 Å². The Hall–Kier alpha value is -0.650. The van der Waals surface area contributed by atoms with Crippen LogP contribution in [0.5, 0.6) is 0 Å². The molecule has 0 amide bonds. The first kappa shape index (κ1) is 10.9. The fraction of sp³-hybridized carbons (Fsp3) is 0.700. The van der Waals surface area contributed by atoms with Gasteiger partial charge in [-0.2, -0.15) is 0 Å². The predicted molar refractivity (Wildman–Crippen MR) is 62.2 cm³/mol. The van der Waals surface area contributed by atoms with Crippen molar-refractivity contribution in [2.24, 2.45) is 5.92 Å². The first-order chi connectivity index (χ1) is 7.25. The molecule has 0 bridgehead atoms. The van der Waals surface area contributed by atoms with E-state index < -0.39 is 0 Å². The van der Waals surface area contributed by atoms with Crippen LogP contribution in [0.2, 0.25) is 0 Å². The fourth-order valence-electron chi connectivity index (χ4n) is 1.98. The molecule has 2 heterocycles. The minimum absolute atomic E-state index is 0.0303. The molecule has 0 spiro atoms. The van der Waals surface area contributed by atoms with Crippen LogP contribution in [-0.4, -0.2) is 24.1 Å². The van der Waals surface area contributed by atoms with Crippen molar-refractivity contribution in [1.29, 1.82) is 0 Å². The van der Waals surface area contributed by atoms with E-state index in [0.717, 1.165) is 31.2 Å². The van der Waals surface area contributed by atoms with Crippen LogP contribution in [0.3, 0.4) is 0 Å². The lowest BCUT2D eigenvalue weighted by Crippen LogP contribution is -2.30. The van der Waals surface area contributed by atoms with E-state index in [1.807, 2.05) is 5.38 Å². The molecule has 1 saturated heterocycles. The summed E-state index contributed by atoms with van der Waals surface area (Å²) in [5.74, 6) is 0.718. The standard InChI is InChI=1S/C10H17N3OS/c1-7-8(2-3-12-7)4-11-5-9-6-15-10(14)13-9/h6-8,11-12H,2-5H2,1H3,(H,13,14). The molecule has 1 aliphatic rings. The number of hydrogen-bond donors (Lipinski definition) is 3. The summed E-state index contributed by atoms with van der Waals surface area (Å²) in [5, 5.41) is 8.69. The van der Waals surface area contributed by atoms with Crippen molar-refractivity contribution in [2.75, 3.05) is 13.1 Å². The molecule has 0 aromatic carbocycles.